The van der Waals surface area contributed by atoms with Crippen LogP contribution in [0.2, 0.25) is 0 Å². The number of hydrogen-bond donors (Lipinski definition) is 2. The molecule has 0 heterocycles. The first kappa shape index (κ1) is 14.4. The fraction of sp³-hybridized carbons (Fsp3) is 0.467. The van der Waals surface area contributed by atoms with Crippen molar-refractivity contribution in [2.45, 2.75) is 32.1 Å². The Morgan fingerprint density at radius 1 is 1.15 bits per heavy atom. The van der Waals surface area contributed by atoms with Gasteiger partial charge in [-0.25, -0.2) is 0 Å². The molecule has 2 N–H and O–H groups in total. The summed E-state index contributed by atoms with van der Waals surface area (Å²) < 4.78 is 5.02. The second-order valence-electron chi connectivity index (χ2n) is 5.09. The van der Waals surface area contributed by atoms with Crippen molar-refractivity contribution in [2.24, 2.45) is 5.92 Å². The van der Waals surface area contributed by atoms with Gasteiger partial charge in [0.05, 0.1) is 7.11 Å². The molecule has 0 aliphatic heterocycles. The van der Waals surface area contributed by atoms with E-state index in [2.05, 4.69) is 10.9 Å². The minimum atomic E-state index is -0.326. The van der Waals surface area contributed by atoms with Crippen molar-refractivity contribution in [2.75, 3.05) is 7.11 Å². The molecule has 2 rings (SSSR count). The van der Waals surface area contributed by atoms with Crippen molar-refractivity contribution >= 4 is 11.8 Å². The van der Waals surface area contributed by atoms with Gasteiger partial charge in [0.25, 0.3) is 5.91 Å². The summed E-state index contributed by atoms with van der Waals surface area (Å²) in [6, 6.07) is 6.71. The van der Waals surface area contributed by atoms with Crippen molar-refractivity contribution in [1.29, 1.82) is 0 Å². The van der Waals surface area contributed by atoms with Gasteiger partial charge in [0.1, 0.15) is 5.75 Å². The topological polar surface area (TPSA) is 67.4 Å². The zero-order chi connectivity index (χ0) is 14.4. The van der Waals surface area contributed by atoms with E-state index in [1.165, 1.54) is 12.8 Å². The third-order valence-corrected chi connectivity index (χ3v) is 3.62. The third kappa shape index (κ3) is 3.98. The first-order valence-electron chi connectivity index (χ1n) is 6.92. The Kier molecular flexibility index (Phi) is 4.98. The molecule has 20 heavy (non-hydrogen) atoms. The van der Waals surface area contributed by atoms with Crippen LogP contribution in [-0.4, -0.2) is 18.9 Å². The number of rotatable bonds is 4. The summed E-state index contributed by atoms with van der Waals surface area (Å²) in [5.41, 5.74) is 5.38. The molecular weight excluding hydrogens is 256 g/mol. The van der Waals surface area contributed by atoms with E-state index in [1.54, 1.807) is 31.4 Å². The molecule has 5 heteroatoms. The van der Waals surface area contributed by atoms with Gasteiger partial charge in [0.15, 0.2) is 0 Å². The zero-order valence-electron chi connectivity index (χ0n) is 11.6. The number of ether oxygens (including phenoxy) is 1. The number of carbonyl (C=O) groups is 2. The lowest BCUT2D eigenvalue weighted by Crippen LogP contribution is -2.42. The van der Waals surface area contributed by atoms with Crippen LogP contribution in [0, 0.1) is 5.92 Å². The van der Waals surface area contributed by atoms with E-state index >= 15 is 0 Å². The lowest BCUT2D eigenvalue weighted by atomic mass is 10.0. The Morgan fingerprint density at radius 2 is 1.80 bits per heavy atom. The average molecular weight is 276 g/mol. The maximum atomic E-state index is 11.8. The lowest BCUT2D eigenvalue weighted by Gasteiger charge is -2.10. The second-order valence-corrected chi connectivity index (χ2v) is 5.09. The van der Waals surface area contributed by atoms with Crippen molar-refractivity contribution < 1.29 is 14.3 Å². The van der Waals surface area contributed by atoms with E-state index in [0.717, 1.165) is 12.8 Å². The molecule has 1 aliphatic rings. The van der Waals surface area contributed by atoms with Crippen LogP contribution in [0.15, 0.2) is 24.3 Å². The van der Waals surface area contributed by atoms with Crippen LogP contribution < -0.4 is 15.6 Å². The largest absolute Gasteiger partial charge is 0.497 e. The summed E-state index contributed by atoms with van der Waals surface area (Å²) in [5.74, 6) is 0.700. The molecule has 1 aromatic carbocycles. The van der Waals surface area contributed by atoms with E-state index in [1.807, 2.05) is 0 Å². The van der Waals surface area contributed by atoms with E-state index in [-0.39, 0.29) is 11.8 Å². The highest BCUT2D eigenvalue weighted by molar-refractivity contribution is 5.95. The Balaban J connectivity index is 1.77. The molecule has 0 saturated heterocycles. The summed E-state index contributed by atoms with van der Waals surface area (Å²) in [6.07, 6.45) is 5.12. The number of hydrogen-bond acceptors (Lipinski definition) is 3. The highest BCUT2D eigenvalue weighted by Crippen LogP contribution is 2.27. The number of nitrogens with one attached hydrogen (secondary N) is 2. The summed E-state index contributed by atoms with van der Waals surface area (Å²) in [7, 11) is 1.57. The Hall–Kier alpha value is -2.04. The molecule has 1 aliphatic carbocycles. The molecule has 0 aromatic heterocycles. The average Bonchev–Trinajstić information content (AvgIpc) is 2.97. The van der Waals surface area contributed by atoms with Crippen molar-refractivity contribution in [3.05, 3.63) is 29.8 Å². The normalized spacial score (nSPS) is 14.8. The molecule has 1 fully saturated rings. The summed E-state index contributed by atoms with van der Waals surface area (Å²) in [6.45, 7) is 0. The van der Waals surface area contributed by atoms with Crippen molar-refractivity contribution in [3.8, 4) is 5.75 Å². The molecular formula is C15H20N2O3. The van der Waals surface area contributed by atoms with Gasteiger partial charge in [-0.2, -0.15) is 0 Å². The molecule has 2 amide bonds. The van der Waals surface area contributed by atoms with Gasteiger partial charge in [0.2, 0.25) is 5.91 Å². The first-order chi connectivity index (χ1) is 9.69. The molecule has 108 valence electrons. The standard InChI is InChI=1S/C15H20N2O3/c1-20-13-8-6-12(7-9-13)15(19)17-16-14(18)10-11-4-2-3-5-11/h6-9,11H,2-5,10H2,1H3,(H,16,18)(H,17,19). The van der Waals surface area contributed by atoms with Gasteiger partial charge in [-0.3, -0.25) is 20.4 Å². The Bertz CT molecular complexity index is 465. The summed E-state index contributed by atoms with van der Waals surface area (Å²) >= 11 is 0. The number of amides is 2. The number of benzene rings is 1. The zero-order valence-corrected chi connectivity index (χ0v) is 11.6. The van der Waals surface area contributed by atoms with Crippen LogP contribution in [0.5, 0.6) is 5.75 Å². The van der Waals surface area contributed by atoms with Crippen LogP contribution in [0.4, 0.5) is 0 Å². The summed E-state index contributed by atoms with van der Waals surface area (Å²) in [4.78, 5) is 23.5. The fourth-order valence-electron chi connectivity index (χ4n) is 2.47. The molecule has 0 bridgehead atoms. The Morgan fingerprint density at radius 3 is 2.40 bits per heavy atom. The quantitative estimate of drug-likeness (QED) is 0.827. The minimum Gasteiger partial charge on any atom is -0.497 e. The molecule has 0 spiro atoms. The maximum absolute atomic E-state index is 11.8. The molecule has 1 aromatic rings. The molecule has 0 unspecified atom stereocenters. The first-order valence-corrected chi connectivity index (χ1v) is 6.92. The van der Waals surface area contributed by atoms with E-state index < -0.39 is 0 Å². The minimum absolute atomic E-state index is 0.126. The van der Waals surface area contributed by atoms with Crippen molar-refractivity contribution in [3.63, 3.8) is 0 Å². The third-order valence-electron chi connectivity index (χ3n) is 3.62. The number of carbonyl (C=O) groups excluding carboxylic acids is 2. The van der Waals surface area contributed by atoms with Crippen LogP contribution in [-0.2, 0) is 4.79 Å². The monoisotopic (exact) mass is 276 g/mol. The van der Waals surface area contributed by atoms with Gasteiger partial charge in [0, 0.05) is 12.0 Å². The predicted molar refractivity (Wildman–Crippen MR) is 75.2 cm³/mol. The predicted octanol–water partition coefficient (Wildman–Crippen LogP) is 2.04. The smallest absolute Gasteiger partial charge is 0.269 e. The number of methoxy groups -OCH3 is 1. The van der Waals surface area contributed by atoms with Crippen LogP contribution >= 0.6 is 0 Å². The van der Waals surface area contributed by atoms with Gasteiger partial charge >= 0.3 is 0 Å². The van der Waals surface area contributed by atoms with Crippen molar-refractivity contribution in [1.82, 2.24) is 10.9 Å². The van der Waals surface area contributed by atoms with E-state index in [0.29, 0.717) is 23.7 Å². The van der Waals surface area contributed by atoms with E-state index in [4.69, 9.17) is 4.74 Å². The van der Waals surface area contributed by atoms with Gasteiger partial charge in [-0.1, -0.05) is 12.8 Å². The van der Waals surface area contributed by atoms with Crippen LogP contribution in [0.25, 0.3) is 0 Å². The summed E-state index contributed by atoms with van der Waals surface area (Å²) in [5, 5.41) is 0. The fourth-order valence-corrected chi connectivity index (χ4v) is 2.47. The van der Waals surface area contributed by atoms with Gasteiger partial charge in [-0.15, -0.1) is 0 Å². The van der Waals surface area contributed by atoms with Gasteiger partial charge in [-0.05, 0) is 43.0 Å². The highest BCUT2D eigenvalue weighted by atomic mass is 16.5. The molecule has 0 radical (unpaired) electrons. The highest BCUT2D eigenvalue weighted by Gasteiger charge is 2.18. The molecule has 5 nitrogen and oxygen atoms in total. The maximum Gasteiger partial charge on any atom is 0.269 e. The second kappa shape index (κ2) is 6.93. The van der Waals surface area contributed by atoms with Crippen LogP contribution in [0.3, 0.4) is 0 Å². The lowest BCUT2D eigenvalue weighted by molar-refractivity contribution is -0.122. The molecule has 1 saturated carbocycles. The van der Waals surface area contributed by atoms with E-state index in [9.17, 15) is 9.59 Å². The van der Waals surface area contributed by atoms with Crippen LogP contribution in [0.1, 0.15) is 42.5 Å². The SMILES string of the molecule is COc1ccc(C(=O)NNC(=O)CC2CCCC2)cc1. The number of hydrazine groups is 1. The molecule has 0 atom stereocenters. The Labute approximate surface area is 118 Å². The van der Waals surface area contributed by atoms with Gasteiger partial charge < -0.3 is 4.74 Å².